The van der Waals surface area contributed by atoms with Gasteiger partial charge in [-0.3, -0.25) is 4.98 Å². The van der Waals surface area contributed by atoms with Crippen LogP contribution in [0, 0.1) is 5.82 Å². The predicted octanol–water partition coefficient (Wildman–Crippen LogP) is 3.25. The van der Waals surface area contributed by atoms with E-state index in [-0.39, 0.29) is 17.1 Å². The van der Waals surface area contributed by atoms with E-state index in [0.29, 0.717) is 0 Å². The van der Waals surface area contributed by atoms with Gasteiger partial charge in [0.2, 0.25) is 0 Å². The summed E-state index contributed by atoms with van der Waals surface area (Å²) in [5.41, 5.74) is -1.72. The zero-order chi connectivity index (χ0) is 16.6. The molecule has 5 nitrogen and oxygen atoms in total. The molecule has 2 heterocycles. The highest BCUT2D eigenvalue weighted by atomic mass is 19.4. The highest BCUT2D eigenvalue weighted by Crippen LogP contribution is 2.38. The minimum absolute atomic E-state index is 0.0460. The summed E-state index contributed by atoms with van der Waals surface area (Å²) in [6, 6.07) is 5.12. The van der Waals surface area contributed by atoms with E-state index in [4.69, 9.17) is 0 Å². The first kappa shape index (κ1) is 14.9. The lowest BCUT2D eigenvalue weighted by molar-refractivity contribution is -0.137. The molecule has 0 fully saturated rings. The van der Waals surface area contributed by atoms with Crippen molar-refractivity contribution >= 4 is 0 Å². The molecule has 0 unspecified atom stereocenters. The molecule has 0 saturated heterocycles. The van der Waals surface area contributed by atoms with Gasteiger partial charge in [-0.05, 0) is 29.8 Å². The summed E-state index contributed by atoms with van der Waals surface area (Å²) in [4.78, 5) is 18.2. The fraction of sp³-hybridized carbons (Fsp3) is 0.0714. The average Bonchev–Trinajstić information content (AvgIpc) is 2.93. The summed E-state index contributed by atoms with van der Waals surface area (Å²) in [7, 11) is 0. The van der Waals surface area contributed by atoms with E-state index in [2.05, 4.69) is 19.6 Å². The molecule has 1 N–H and O–H groups in total. The van der Waals surface area contributed by atoms with Crippen molar-refractivity contribution in [3.8, 4) is 22.6 Å². The topological polar surface area (TPSA) is 71.8 Å². The smallest absolute Gasteiger partial charge is 0.321 e. The van der Waals surface area contributed by atoms with E-state index < -0.39 is 28.9 Å². The Morgan fingerprint density at radius 3 is 2.61 bits per heavy atom. The summed E-state index contributed by atoms with van der Waals surface area (Å²) < 4.78 is 57.6. The molecule has 0 atom stereocenters. The number of aromatic amines is 1. The Morgan fingerprint density at radius 1 is 1.17 bits per heavy atom. The zero-order valence-corrected chi connectivity index (χ0v) is 11.2. The molecule has 2 aromatic heterocycles. The predicted molar refractivity (Wildman–Crippen MR) is 70.8 cm³/mol. The number of pyridine rings is 1. The average molecular weight is 325 g/mol. The minimum Gasteiger partial charge on any atom is -0.321 e. The number of halogens is 4. The Balaban J connectivity index is 2.19. The molecule has 0 saturated carbocycles. The molecule has 1 aromatic carbocycles. The van der Waals surface area contributed by atoms with Crippen LogP contribution in [-0.4, -0.2) is 15.1 Å². The molecule has 23 heavy (non-hydrogen) atoms. The van der Waals surface area contributed by atoms with Gasteiger partial charge in [0.05, 0.1) is 5.56 Å². The largest absolute Gasteiger partial charge is 0.460 e. The van der Waals surface area contributed by atoms with Gasteiger partial charge >= 0.3 is 11.9 Å². The summed E-state index contributed by atoms with van der Waals surface area (Å²) in [5, 5.41) is 2.18. The van der Waals surface area contributed by atoms with Gasteiger partial charge < -0.3 is 4.52 Å². The number of hydrogen-bond donors (Lipinski definition) is 1. The van der Waals surface area contributed by atoms with Crippen LogP contribution in [0.5, 0.6) is 0 Å². The van der Waals surface area contributed by atoms with Crippen LogP contribution in [0.15, 0.2) is 45.8 Å². The van der Waals surface area contributed by atoms with Gasteiger partial charge in [0.1, 0.15) is 11.5 Å². The Kier molecular flexibility index (Phi) is 3.47. The van der Waals surface area contributed by atoms with Crippen molar-refractivity contribution in [3.63, 3.8) is 0 Å². The lowest BCUT2D eigenvalue weighted by Gasteiger charge is -2.14. The molecule has 0 aliphatic carbocycles. The van der Waals surface area contributed by atoms with Crippen molar-refractivity contribution in [2.75, 3.05) is 0 Å². The number of nitrogens with zero attached hydrogens (tertiary/aromatic N) is 2. The van der Waals surface area contributed by atoms with Gasteiger partial charge in [-0.2, -0.15) is 23.3 Å². The van der Waals surface area contributed by atoms with Crippen molar-refractivity contribution in [2.45, 2.75) is 6.18 Å². The Morgan fingerprint density at radius 2 is 1.96 bits per heavy atom. The van der Waals surface area contributed by atoms with Crippen LogP contribution in [-0.2, 0) is 6.18 Å². The fourth-order valence-electron chi connectivity index (χ4n) is 2.11. The van der Waals surface area contributed by atoms with Crippen LogP contribution in [0.1, 0.15) is 5.56 Å². The lowest BCUT2D eigenvalue weighted by Crippen LogP contribution is -2.08. The highest BCUT2D eigenvalue weighted by molar-refractivity contribution is 5.71. The van der Waals surface area contributed by atoms with Crippen LogP contribution in [0.2, 0.25) is 0 Å². The van der Waals surface area contributed by atoms with E-state index >= 15 is 0 Å². The Hall–Kier alpha value is -2.97. The molecule has 3 rings (SSSR count). The summed E-state index contributed by atoms with van der Waals surface area (Å²) in [5.74, 6) is -2.00. The number of alkyl halides is 3. The van der Waals surface area contributed by atoms with E-state index in [0.717, 1.165) is 18.2 Å². The normalized spacial score (nSPS) is 11.7. The van der Waals surface area contributed by atoms with Crippen molar-refractivity contribution in [1.29, 1.82) is 0 Å². The standard InChI is InChI=1S/C14H7F4N3O2/c15-9-3-1-2-8(14(16,17)18)11(9)7-4-5-19-10(6-7)12-20-13(22)23-21-12/h1-6H,(H,20,21,22). The van der Waals surface area contributed by atoms with Crippen molar-refractivity contribution in [2.24, 2.45) is 0 Å². The van der Waals surface area contributed by atoms with Crippen molar-refractivity contribution in [1.82, 2.24) is 15.1 Å². The molecule has 3 aromatic rings. The Labute approximate surface area is 125 Å². The summed E-state index contributed by atoms with van der Waals surface area (Å²) >= 11 is 0. The van der Waals surface area contributed by atoms with Crippen LogP contribution in [0.25, 0.3) is 22.6 Å². The first-order valence-corrected chi connectivity index (χ1v) is 6.24. The van der Waals surface area contributed by atoms with Crippen LogP contribution >= 0.6 is 0 Å². The maximum Gasteiger partial charge on any atom is 0.460 e. The number of H-pyrrole nitrogens is 1. The number of rotatable bonds is 2. The maximum atomic E-state index is 14.0. The van der Waals surface area contributed by atoms with Gasteiger partial charge in [0.25, 0.3) is 0 Å². The third kappa shape index (κ3) is 2.85. The van der Waals surface area contributed by atoms with Crippen LogP contribution in [0.3, 0.4) is 0 Å². The monoisotopic (exact) mass is 325 g/mol. The summed E-state index contributed by atoms with van der Waals surface area (Å²) in [6.45, 7) is 0. The third-order valence-corrected chi connectivity index (χ3v) is 3.05. The molecule has 0 aliphatic rings. The zero-order valence-electron chi connectivity index (χ0n) is 11.2. The molecule has 0 bridgehead atoms. The van der Waals surface area contributed by atoms with Gasteiger partial charge in [0.15, 0.2) is 5.82 Å². The van der Waals surface area contributed by atoms with Crippen molar-refractivity contribution < 1.29 is 22.1 Å². The molecule has 0 radical (unpaired) electrons. The van der Waals surface area contributed by atoms with Crippen LogP contribution < -0.4 is 5.76 Å². The number of hydrogen-bond acceptors (Lipinski definition) is 4. The molecular formula is C14H7F4N3O2. The van der Waals surface area contributed by atoms with Gasteiger partial charge in [-0.1, -0.05) is 6.07 Å². The highest BCUT2D eigenvalue weighted by Gasteiger charge is 2.35. The van der Waals surface area contributed by atoms with Gasteiger partial charge in [-0.25, -0.2) is 9.18 Å². The van der Waals surface area contributed by atoms with E-state index in [1.165, 1.54) is 18.3 Å². The molecule has 0 amide bonds. The molecule has 9 heteroatoms. The molecular weight excluding hydrogens is 318 g/mol. The van der Waals surface area contributed by atoms with E-state index in [9.17, 15) is 22.4 Å². The first-order valence-electron chi connectivity index (χ1n) is 6.24. The van der Waals surface area contributed by atoms with E-state index in [1.54, 1.807) is 0 Å². The van der Waals surface area contributed by atoms with Gasteiger partial charge in [0, 0.05) is 11.8 Å². The Bertz CT molecular complexity index is 915. The summed E-state index contributed by atoms with van der Waals surface area (Å²) in [6.07, 6.45) is -3.53. The first-order chi connectivity index (χ1) is 10.9. The number of nitrogens with one attached hydrogen (secondary N) is 1. The second-order valence-electron chi connectivity index (χ2n) is 4.52. The third-order valence-electron chi connectivity index (χ3n) is 3.05. The van der Waals surface area contributed by atoms with Gasteiger partial charge in [-0.15, -0.1) is 0 Å². The second kappa shape index (κ2) is 5.34. The molecule has 0 aliphatic heterocycles. The van der Waals surface area contributed by atoms with Crippen LogP contribution in [0.4, 0.5) is 17.6 Å². The number of aromatic nitrogens is 3. The van der Waals surface area contributed by atoms with Crippen molar-refractivity contribution in [3.05, 3.63) is 58.5 Å². The SMILES string of the molecule is O=c1nc(-c2cc(-c3c(F)cccc3C(F)(F)F)ccn2)[nH]o1. The number of benzene rings is 1. The quantitative estimate of drug-likeness (QED) is 0.734. The second-order valence-corrected chi connectivity index (χ2v) is 4.52. The molecule has 118 valence electrons. The lowest BCUT2D eigenvalue weighted by atomic mass is 9.98. The molecule has 0 spiro atoms. The maximum absolute atomic E-state index is 14.0. The fourth-order valence-corrected chi connectivity index (χ4v) is 2.11. The van der Waals surface area contributed by atoms with E-state index in [1.807, 2.05) is 0 Å². The minimum atomic E-state index is -4.72.